The molecule has 0 saturated carbocycles. The maximum absolute atomic E-state index is 12.7. The second kappa shape index (κ2) is 44.0. The van der Waals surface area contributed by atoms with Gasteiger partial charge in [0.2, 0.25) is 0 Å². The van der Waals surface area contributed by atoms with Crippen molar-refractivity contribution in [3.05, 3.63) is 12.2 Å². The van der Waals surface area contributed by atoms with Crippen molar-refractivity contribution in [2.24, 2.45) is 0 Å². The lowest BCUT2D eigenvalue weighted by atomic mass is 10.0. The summed E-state index contributed by atoms with van der Waals surface area (Å²) in [7, 11) is 1.49. The number of hydrogen-bond donors (Lipinski definition) is 1. The number of quaternary nitrogens is 1. The Labute approximate surface area is 377 Å². The normalized spacial score (nSPS) is 13.5. The van der Waals surface area contributed by atoms with Crippen LogP contribution in [0.1, 0.15) is 251 Å². The maximum atomic E-state index is 12.7. The topological polar surface area (TPSA) is 108 Å². The molecule has 0 aliphatic carbocycles. The summed E-state index contributed by atoms with van der Waals surface area (Å²) in [4.78, 5) is 35.3. The second-order valence-electron chi connectivity index (χ2n) is 18.9. The average Bonchev–Trinajstić information content (AvgIpc) is 3.21. The fourth-order valence-electron chi connectivity index (χ4n) is 7.48. The molecule has 0 aromatic heterocycles. The quantitative estimate of drug-likeness (QED) is 0.0212. The minimum absolute atomic E-state index is 0.0355. The molecule has 0 aromatic carbocycles. The van der Waals surface area contributed by atoms with Gasteiger partial charge in [0.25, 0.3) is 0 Å². The molecule has 0 fully saturated rings. The van der Waals surface area contributed by atoms with Crippen LogP contribution >= 0.6 is 7.82 Å². The van der Waals surface area contributed by atoms with E-state index in [1.807, 2.05) is 21.1 Å². The molecule has 362 valence electrons. The van der Waals surface area contributed by atoms with E-state index in [4.69, 9.17) is 18.5 Å². The largest absolute Gasteiger partial charge is 0.472 e. The van der Waals surface area contributed by atoms with Gasteiger partial charge in [0.1, 0.15) is 19.8 Å². The van der Waals surface area contributed by atoms with Gasteiger partial charge in [0.05, 0.1) is 27.7 Å². The van der Waals surface area contributed by atoms with Crippen LogP contribution in [-0.2, 0) is 32.7 Å². The summed E-state index contributed by atoms with van der Waals surface area (Å²) in [6, 6.07) is 0. The molecule has 0 radical (unpaired) electrons. The fourth-order valence-corrected chi connectivity index (χ4v) is 8.22. The number of allylic oxidation sites excluding steroid dienone is 2. The van der Waals surface area contributed by atoms with Crippen LogP contribution in [0.4, 0.5) is 0 Å². The van der Waals surface area contributed by atoms with Crippen molar-refractivity contribution in [1.29, 1.82) is 0 Å². The van der Waals surface area contributed by atoms with Gasteiger partial charge in [-0.05, 0) is 38.5 Å². The van der Waals surface area contributed by atoms with E-state index < -0.39 is 26.5 Å². The van der Waals surface area contributed by atoms with E-state index in [1.54, 1.807) is 0 Å². The van der Waals surface area contributed by atoms with Gasteiger partial charge < -0.3 is 18.9 Å². The molecule has 0 spiro atoms. The first-order chi connectivity index (χ1) is 29.5. The Kier molecular flexibility index (Phi) is 43.1. The Morgan fingerprint density at radius 3 is 1.21 bits per heavy atom. The summed E-state index contributed by atoms with van der Waals surface area (Å²) in [5.74, 6) is -0.790. The Hall–Kier alpha value is -1.25. The van der Waals surface area contributed by atoms with Crippen molar-refractivity contribution >= 4 is 19.8 Å². The van der Waals surface area contributed by atoms with Gasteiger partial charge in [-0.25, -0.2) is 4.57 Å². The number of nitrogens with zero attached hydrogens (tertiary/aromatic N) is 1. The van der Waals surface area contributed by atoms with E-state index in [0.29, 0.717) is 23.9 Å². The third-order valence-electron chi connectivity index (χ3n) is 11.5. The number of phosphoric ester groups is 1. The van der Waals surface area contributed by atoms with E-state index in [1.165, 1.54) is 186 Å². The predicted octanol–water partition coefficient (Wildman–Crippen LogP) is 15.3. The summed E-state index contributed by atoms with van der Waals surface area (Å²) in [6.07, 6.45) is 48.7. The third-order valence-corrected chi connectivity index (χ3v) is 12.5. The van der Waals surface area contributed by atoms with Crippen LogP contribution in [0.3, 0.4) is 0 Å². The standard InChI is InChI=1S/C51H100NO8P/c1-6-8-10-12-14-16-17-18-19-20-21-22-23-24-25-26-27-28-29-30-31-32-33-34-35-36-38-40-42-44-51(54)60-49(48-59-61(55,56)58-46-45-52(3,4)5)47-57-50(53)43-41-39-37-15-13-11-9-7-2/h20-21,49H,6-19,22-48H2,1-5H3/p+1/b21-20-. The number of likely N-dealkylation sites (N-methyl/N-ethyl adjacent to an activating group) is 1. The minimum Gasteiger partial charge on any atom is -0.462 e. The van der Waals surface area contributed by atoms with Crippen molar-refractivity contribution in [1.82, 2.24) is 0 Å². The van der Waals surface area contributed by atoms with E-state index in [-0.39, 0.29) is 25.6 Å². The van der Waals surface area contributed by atoms with Crippen molar-refractivity contribution in [3.63, 3.8) is 0 Å². The Bertz CT molecular complexity index is 1050. The lowest BCUT2D eigenvalue weighted by Gasteiger charge is -2.24. The Morgan fingerprint density at radius 1 is 0.492 bits per heavy atom. The highest BCUT2D eigenvalue weighted by atomic mass is 31.2. The lowest BCUT2D eigenvalue weighted by molar-refractivity contribution is -0.870. The molecule has 0 heterocycles. The number of carbonyl (C=O) groups is 2. The molecule has 61 heavy (non-hydrogen) atoms. The van der Waals surface area contributed by atoms with Gasteiger partial charge in [-0.1, -0.05) is 212 Å². The third kappa shape index (κ3) is 48.1. The van der Waals surface area contributed by atoms with Crippen molar-refractivity contribution < 1.29 is 42.1 Å². The summed E-state index contributed by atoms with van der Waals surface area (Å²) in [6.45, 7) is 4.42. The van der Waals surface area contributed by atoms with E-state index in [2.05, 4.69) is 26.0 Å². The van der Waals surface area contributed by atoms with Gasteiger partial charge in [-0.3, -0.25) is 18.6 Å². The van der Waals surface area contributed by atoms with E-state index in [9.17, 15) is 19.0 Å². The molecule has 2 atom stereocenters. The zero-order valence-corrected chi connectivity index (χ0v) is 41.8. The monoisotopic (exact) mass is 887 g/mol. The highest BCUT2D eigenvalue weighted by molar-refractivity contribution is 7.47. The first-order valence-corrected chi connectivity index (χ1v) is 27.4. The molecule has 1 N–H and O–H groups in total. The molecule has 0 aliphatic heterocycles. The van der Waals surface area contributed by atoms with Crippen LogP contribution in [0.15, 0.2) is 12.2 Å². The highest BCUT2D eigenvalue weighted by Gasteiger charge is 2.27. The number of phosphoric acid groups is 1. The number of esters is 2. The molecular weight excluding hydrogens is 786 g/mol. The highest BCUT2D eigenvalue weighted by Crippen LogP contribution is 2.43. The smallest absolute Gasteiger partial charge is 0.462 e. The molecule has 0 aromatic rings. The fraction of sp³-hybridized carbons (Fsp3) is 0.922. The first-order valence-electron chi connectivity index (χ1n) is 25.9. The predicted molar refractivity (Wildman–Crippen MR) is 257 cm³/mol. The lowest BCUT2D eigenvalue weighted by Crippen LogP contribution is -2.37. The van der Waals surface area contributed by atoms with Gasteiger partial charge in [0.15, 0.2) is 6.10 Å². The zero-order chi connectivity index (χ0) is 45.0. The zero-order valence-electron chi connectivity index (χ0n) is 40.9. The number of unbranched alkanes of at least 4 members (excludes halogenated alkanes) is 32. The van der Waals surface area contributed by atoms with Crippen LogP contribution in [0.2, 0.25) is 0 Å². The summed E-state index contributed by atoms with van der Waals surface area (Å²) < 4.78 is 34.3. The Morgan fingerprint density at radius 2 is 0.836 bits per heavy atom. The number of hydrogen-bond acceptors (Lipinski definition) is 7. The first kappa shape index (κ1) is 59.8. The van der Waals surface area contributed by atoms with Crippen LogP contribution in [0, 0.1) is 0 Å². The SMILES string of the molecule is CCCCCCCCCC/C=C\CCCCCCCCCCCCCCCCCCCC(=O)OC(COC(=O)CCCCCCCCCC)COP(=O)(O)OCC[N+](C)(C)C. The van der Waals surface area contributed by atoms with E-state index in [0.717, 1.165) is 32.1 Å². The van der Waals surface area contributed by atoms with Crippen LogP contribution in [0.25, 0.3) is 0 Å². The molecule has 10 heteroatoms. The molecular formula is C51H101NO8P+. The molecule has 0 bridgehead atoms. The summed E-state index contributed by atoms with van der Waals surface area (Å²) in [5.41, 5.74) is 0. The molecule has 0 aliphatic rings. The van der Waals surface area contributed by atoms with Crippen molar-refractivity contribution in [2.45, 2.75) is 258 Å². The van der Waals surface area contributed by atoms with Gasteiger partial charge >= 0.3 is 19.8 Å². The van der Waals surface area contributed by atoms with Gasteiger partial charge in [-0.15, -0.1) is 0 Å². The van der Waals surface area contributed by atoms with Crippen LogP contribution in [-0.4, -0.2) is 74.9 Å². The molecule has 9 nitrogen and oxygen atoms in total. The number of carbonyl (C=O) groups excluding carboxylic acids is 2. The van der Waals surface area contributed by atoms with Crippen molar-refractivity contribution in [3.8, 4) is 0 Å². The second-order valence-corrected chi connectivity index (χ2v) is 20.4. The molecule has 0 rings (SSSR count). The van der Waals surface area contributed by atoms with E-state index >= 15 is 0 Å². The van der Waals surface area contributed by atoms with Crippen LogP contribution < -0.4 is 0 Å². The summed E-state index contributed by atoms with van der Waals surface area (Å²) >= 11 is 0. The number of ether oxygens (including phenoxy) is 2. The minimum atomic E-state index is -4.37. The Balaban J connectivity index is 3.97. The van der Waals surface area contributed by atoms with Gasteiger partial charge in [-0.2, -0.15) is 0 Å². The van der Waals surface area contributed by atoms with Crippen molar-refractivity contribution in [2.75, 3.05) is 47.5 Å². The maximum Gasteiger partial charge on any atom is 0.472 e. The van der Waals surface area contributed by atoms with Crippen LogP contribution in [0.5, 0.6) is 0 Å². The molecule has 2 unspecified atom stereocenters. The number of rotatable bonds is 48. The molecule has 0 saturated heterocycles. The van der Waals surface area contributed by atoms with Gasteiger partial charge in [0, 0.05) is 12.8 Å². The summed E-state index contributed by atoms with van der Waals surface area (Å²) in [5, 5.41) is 0. The molecule has 0 amide bonds. The average molecular weight is 887 g/mol.